The summed E-state index contributed by atoms with van der Waals surface area (Å²) >= 11 is 5.87. The summed E-state index contributed by atoms with van der Waals surface area (Å²) < 4.78 is 65.6. The monoisotopic (exact) mass is 462 g/mol. The van der Waals surface area contributed by atoms with Crippen LogP contribution < -0.4 is 10.0 Å². The number of benzene rings is 2. The number of amides is 1. The Morgan fingerprint density at radius 3 is 2.17 bits per heavy atom. The first-order valence-electron chi connectivity index (χ1n) is 8.97. The van der Waals surface area contributed by atoms with Gasteiger partial charge in [-0.25, -0.2) is 13.1 Å². The molecule has 2 aromatic carbocycles. The molecule has 0 spiro atoms. The predicted molar refractivity (Wildman–Crippen MR) is 110 cm³/mol. The molecule has 0 radical (unpaired) electrons. The first-order valence-corrected chi connectivity index (χ1v) is 10.8. The summed E-state index contributed by atoms with van der Waals surface area (Å²) in [5, 5.41) is 2.38. The van der Waals surface area contributed by atoms with Gasteiger partial charge in [0.25, 0.3) is 0 Å². The maximum absolute atomic E-state index is 12.8. The summed E-state index contributed by atoms with van der Waals surface area (Å²) in [6, 6.07) is 8.73. The molecule has 0 saturated carbocycles. The predicted octanol–water partition coefficient (Wildman–Crippen LogP) is 5.01. The lowest BCUT2D eigenvalue weighted by Crippen LogP contribution is -2.40. The second kappa shape index (κ2) is 8.95. The van der Waals surface area contributed by atoms with Gasteiger partial charge in [0.2, 0.25) is 15.9 Å². The standard InChI is InChI=1S/C20H22ClF3N2O3S/c1-19(2,3)26-30(28,29)15-8-4-13(5-9-15)6-11-18(27)25-17-12-14(20(22,23)24)7-10-16(17)21/h4-5,7-10,12,26H,6,11H2,1-3H3,(H,25,27). The summed E-state index contributed by atoms with van der Waals surface area (Å²) in [7, 11) is -3.66. The Hall–Kier alpha value is -2.10. The van der Waals surface area contributed by atoms with Gasteiger partial charge < -0.3 is 5.32 Å². The van der Waals surface area contributed by atoms with Crippen LogP contribution in [0.5, 0.6) is 0 Å². The van der Waals surface area contributed by atoms with Crippen molar-refractivity contribution in [3.63, 3.8) is 0 Å². The van der Waals surface area contributed by atoms with Gasteiger partial charge in [0.15, 0.2) is 0 Å². The SMILES string of the molecule is CC(C)(C)NS(=O)(=O)c1ccc(CCC(=O)Nc2cc(C(F)(F)F)ccc2Cl)cc1. The summed E-state index contributed by atoms with van der Waals surface area (Å²) in [6.07, 6.45) is -4.29. The largest absolute Gasteiger partial charge is 0.416 e. The van der Waals surface area contributed by atoms with Gasteiger partial charge in [-0.1, -0.05) is 23.7 Å². The third kappa shape index (κ3) is 7.00. The fraction of sp³-hybridized carbons (Fsp3) is 0.350. The van der Waals surface area contributed by atoms with E-state index in [9.17, 15) is 26.4 Å². The molecule has 0 aliphatic carbocycles. The van der Waals surface area contributed by atoms with Gasteiger partial charge in [0.05, 0.1) is 21.2 Å². The Kier molecular flexibility index (Phi) is 7.21. The number of carbonyl (C=O) groups excluding carboxylic acids is 1. The van der Waals surface area contributed by atoms with Gasteiger partial charge >= 0.3 is 6.18 Å². The average molecular weight is 463 g/mol. The molecule has 2 rings (SSSR count). The number of alkyl halides is 3. The van der Waals surface area contributed by atoms with Crippen molar-refractivity contribution in [2.75, 3.05) is 5.32 Å². The molecule has 0 aromatic heterocycles. The molecule has 0 unspecified atom stereocenters. The van der Waals surface area contributed by atoms with Crippen molar-refractivity contribution in [3.8, 4) is 0 Å². The van der Waals surface area contributed by atoms with Crippen LogP contribution >= 0.6 is 11.6 Å². The van der Waals surface area contributed by atoms with E-state index in [-0.39, 0.29) is 28.4 Å². The van der Waals surface area contributed by atoms with Crippen LogP contribution in [0.2, 0.25) is 5.02 Å². The van der Waals surface area contributed by atoms with Gasteiger partial charge in [0, 0.05) is 12.0 Å². The van der Waals surface area contributed by atoms with E-state index in [1.165, 1.54) is 12.1 Å². The highest BCUT2D eigenvalue weighted by Gasteiger charge is 2.31. The minimum Gasteiger partial charge on any atom is -0.325 e. The highest BCUT2D eigenvalue weighted by Crippen LogP contribution is 2.33. The van der Waals surface area contributed by atoms with Crippen LogP contribution in [0.1, 0.15) is 38.3 Å². The summed E-state index contributed by atoms with van der Waals surface area (Å²) in [5.41, 5.74) is -0.954. The molecule has 0 saturated heterocycles. The van der Waals surface area contributed by atoms with Crippen molar-refractivity contribution in [2.45, 2.75) is 50.2 Å². The number of rotatable bonds is 6. The number of carbonyl (C=O) groups is 1. The number of aryl methyl sites for hydroxylation is 1. The number of nitrogens with one attached hydrogen (secondary N) is 2. The van der Waals surface area contributed by atoms with Gasteiger partial charge in [0.1, 0.15) is 0 Å². The van der Waals surface area contributed by atoms with Crippen molar-refractivity contribution < 1.29 is 26.4 Å². The molecule has 0 bridgehead atoms. The van der Waals surface area contributed by atoms with E-state index in [0.29, 0.717) is 5.56 Å². The molecule has 0 fully saturated rings. The van der Waals surface area contributed by atoms with Crippen LogP contribution in [0.4, 0.5) is 18.9 Å². The van der Waals surface area contributed by atoms with Gasteiger partial charge in [-0.2, -0.15) is 13.2 Å². The fourth-order valence-electron chi connectivity index (χ4n) is 2.57. The molecule has 0 heterocycles. The molecule has 164 valence electrons. The van der Waals surface area contributed by atoms with Crippen molar-refractivity contribution >= 4 is 33.2 Å². The average Bonchev–Trinajstić information content (AvgIpc) is 2.59. The van der Waals surface area contributed by atoms with Crippen molar-refractivity contribution in [1.29, 1.82) is 0 Å². The van der Waals surface area contributed by atoms with Crippen LogP contribution in [-0.2, 0) is 27.4 Å². The first kappa shape index (κ1) is 24.2. The van der Waals surface area contributed by atoms with E-state index in [1.54, 1.807) is 32.9 Å². The molecule has 0 atom stereocenters. The molecule has 30 heavy (non-hydrogen) atoms. The number of hydrogen-bond donors (Lipinski definition) is 2. The minimum atomic E-state index is -4.55. The van der Waals surface area contributed by atoms with Crippen LogP contribution in [-0.4, -0.2) is 19.9 Å². The van der Waals surface area contributed by atoms with Crippen LogP contribution in [0.15, 0.2) is 47.4 Å². The van der Waals surface area contributed by atoms with E-state index >= 15 is 0 Å². The fourth-order valence-corrected chi connectivity index (χ4v) is 4.15. The van der Waals surface area contributed by atoms with E-state index in [4.69, 9.17) is 11.6 Å². The Morgan fingerprint density at radius 1 is 1.03 bits per heavy atom. The Balaban J connectivity index is 2.01. The van der Waals surface area contributed by atoms with Gasteiger partial charge in [-0.3, -0.25) is 4.79 Å². The van der Waals surface area contributed by atoms with Crippen LogP contribution in [0.3, 0.4) is 0 Å². The highest BCUT2D eigenvalue weighted by molar-refractivity contribution is 7.89. The quantitative estimate of drug-likeness (QED) is 0.633. The Bertz CT molecular complexity index is 1020. The third-order valence-corrected chi connectivity index (χ3v) is 5.99. The lowest BCUT2D eigenvalue weighted by molar-refractivity contribution is -0.137. The summed E-state index contributed by atoms with van der Waals surface area (Å²) in [5.74, 6) is -0.512. The van der Waals surface area contributed by atoms with Crippen molar-refractivity contribution in [2.24, 2.45) is 0 Å². The van der Waals surface area contributed by atoms with E-state index in [1.807, 2.05) is 0 Å². The molecule has 5 nitrogen and oxygen atoms in total. The summed E-state index contributed by atoms with van der Waals surface area (Å²) in [6.45, 7) is 5.19. The molecule has 1 amide bonds. The second-order valence-electron chi connectivity index (χ2n) is 7.74. The van der Waals surface area contributed by atoms with Crippen LogP contribution in [0, 0.1) is 0 Å². The lowest BCUT2D eigenvalue weighted by Gasteiger charge is -2.20. The molecular formula is C20H22ClF3N2O3S. The Labute approximate surface area is 178 Å². The number of anilines is 1. The third-order valence-electron chi connectivity index (χ3n) is 3.88. The van der Waals surface area contributed by atoms with Gasteiger partial charge in [-0.05, 0) is 63.1 Å². The lowest BCUT2D eigenvalue weighted by atomic mass is 10.1. The number of halogens is 4. The topological polar surface area (TPSA) is 75.3 Å². The minimum absolute atomic E-state index is 0.00254. The Morgan fingerprint density at radius 2 is 1.63 bits per heavy atom. The zero-order chi connectivity index (χ0) is 22.7. The van der Waals surface area contributed by atoms with Crippen molar-refractivity contribution in [3.05, 3.63) is 58.6 Å². The molecule has 2 N–H and O–H groups in total. The highest BCUT2D eigenvalue weighted by atomic mass is 35.5. The maximum Gasteiger partial charge on any atom is 0.416 e. The number of sulfonamides is 1. The van der Waals surface area contributed by atoms with Crippen molar-refractivity contribution in [1.82, 2.24) is 4.72 Å². The van der Waals surface area contributed by atoms with Gasteiger partial charge in [-0.15, -0.1) is 0 Å². The van der Waals surface area contributed by atoms with E-state index in [0.717, 1.165) is 18.2 Å². The first-order chi connectivity index (χ1) is 13.7. The maximum atomic E-state index is 12.8. The zero-order valence-corrected chi connectivity index (χ0v) is 18.2. The van der Waals surface area contributed by atoms with Crippen LogP contribution in [0.25, 0.3) is 0 Å². The smallest absolute Gasteiger partial charge is 0.325 e. The summed E-state index contributed by atoms with van der Waals surface area (Å²) in [4.78, 5) is 12.2. The zero-order valence-electron chi connectivity index (χ0n) is 16.6. The van der Waals surface area contributed by atoms with E-state index in [2.05, 4.69) is 10.0 Å². The molecule has 0 aliphatic heterocycles. The second-order valence-corrected chi connectivity index (χ2v) is 9.83. The molecule has 2 aromatic rings. The molecule has 0 aliphatic rings. The molecular weight excluding hydrogens is 441 g/mol. The van der Waals surface area contributed by atoms with E-state index < -0.39 is 33.2 Å². The number of hydrogen-bond acceptors (Lipinski definition) is 3. The normalized spacial score (nSPS) is 12.6. The molecule has 10 heteroatoms.